The molecule has 0 fully saturated rings. The molecular weight excluding hydrogens is 450 g/mol. The summed E-state index contributed by atoms with van der Waals surface area (Å²) < 4.78 is 33.4. The molecule has 34 heavy (non-hydrogen) atoms. The maximum absolute atomic E-state index is 13.4. The lowest BCUT2D eigenvalue weighted by Crippen LogP contribution is -2.14. The van der Waals surface area contributed by atoms with Crippen molar-refractivity contribution in [1.82, 2.24) is 14.7 Å². The molecule has 0 aliphatic rings. The van der Waals surface area contributed by atoms with Crippen LogP contribution in [0.5, 0.6) is 5.75 Å². The molecule has 11 heteroatoms. The number of carbonyl (C=O) groups is 2. The minimum Gasteiger partial charge on any atom is -0.508 e. The van der Waals surface area contributed by atoms with Crippen molar-refractivity contribution in [2.75, 3.05) is 5.32 Å². The van der Waals surface area contributed by atoms with Crippen molar-refractivity contribution < 1.29 is 33.1 Å². The molecule has 0 bridgehead atoms. The van der Waals surface area contributed by atoms with E-state index >= 15 is 0 Å². The number of carbonyl (C=O) groups excluding carboxylic acids is 1. The van der Waals surface area contributed by atoms with Crippen molar-refractivity contribution in [3.63, 3.8) is 0 Å². The van der Waals surface area contributed by atoms with Crippen molar-refractivity contribution in [2.45, 2.75) is 19.4 Å². The van der Waals surface area contributed by atoms with Gasteiger partial charge in [0.2, 0.25) is 17.6 Å². The number of carboxylic acids is 1. The quantitative estimate of drug-likeness (QED) is 0.358. The highest BCUT2D eigenvalue weighted by Crippen LogP contribution is 2.21. The van der Waals surface area contributed by atoms with Crippen LogP contribution in [0, 0.1) is 11.6 Å². The molecule has 3 N–H and O–H groups in total. The Bertz CT molecular complexity index is 1330. The number of carboxylic acid groups (broad SMARTS) is 1. The van der Waals surface area contributed by atoms with Gasteiger partial charge in [-0.25, -0.2) is 13.6 Å². The summed E-state index contributed by atoms with van der Waals surface area (Å²) in [6, 6.07) is 9.22. The second kappa shape index (κ2) is 9.53. The first-order chi connectivity index (χ1) is 16.3. The summed E-state index contributed by atoms with van der Waals surface area (Å²) in [6.07, 6.45) is 2.70. The molecule has 0 aliphatic carbocycles. The molecular formula is C23H18F2N4O5. The molecule has 4 aromatic rings. The lowest BCUT2D eigenvalue weighted by Gasteiger charge is -2.04. The van der Waals surface area contributed by atoms with Crippen LogP contribution in [0.3, 0.4) is 0 Å². The molecule has 0 unspecified atom stereocenters. The standard InChI is InChI=1S/C23H18F2N4O5/c24-15-7-13(8-16(25)9-15)10-29-11-18(23(32)33)19(12-29)26-20(31)5-6-21-27-22(28-34-21)14-1-3-17(30)4-2-14/h1-4,7-9,11-12,30H,5-6,10H2,(H,26,31)(H,32,33). The zero-order valence-corrected chi connectivity index (χ0v) is 17.5. The largest absolute Gasteiger partial charge is 0.508 e. The Kier molecular flexibility index (Phi) is 6.35. The maximum Gasteiger partial charge on any atom is 0.339 e. The number of aryl methyl sites for hydroxylation is 1. The topological polar surface area (TPSA) is 130 Å². The third-order valence-corrected chi connectivity index (χ3v) is 4.83. The van der Waals surface area contributed by atoms with Crippen molar-refractivity contribution in [2.24, 2.45) is 0 Å². The molecule has 2 aromatic carbocycles. The van der Waals surface area contributed by atoms with E-state index in [9.17, 15) is 28.6 Å². The summed E-state index contributed by atoms with van der Waals surface area (Å²) in [7, 11) is 0. The maximum atomic E-state index is 13.4. The molecule has 9 nitrogen and oxygen atoms in total. The van der Waals surface area contributed by atoms with Crippen LogP contribution < -0.4 is 5.32 Å². The number of amides is 1. The Morgan fingerprint density at radius 1 is 1.06 bits per heavy atom. The van der Waals surface area contributed by atoms with E-state index in [1.165, 1.54) is 29.1 Å². The molecule has 2 heterocycles. The fraction of sp³-hybridized carbons (Fsp3) is 0.130. The Hall–Kier alpha value is -4.54. The third-order valence-electron chi connectivity index (χ3n) is 4.83. The fourth-order valence-electron chi connectivity index (χ4n) is 3.30. The van der Waals surface area contributed by atoms with E-state index in [1.807, 2.05) is 0 Å². The first-order valence-electron chi connectivity index (χ1n) is 10.1. The van der Waals surface area contributed by atoms with Crippen LogP contribution in [0.25, 0.3) is 11.4 Å². The van der Waals surface area contributed by atoms with E-state index < -0.39 is 23.5 Å². The highest BCUT2D eigenvalue weighted by Gasteiger charge is 2.17. The summed E-state index contributed by atoms with van der Waals surface area (Å²) in [6.45, 7) is 0.00680. The molecule has 0 radical (unpaired) electrons. The Morgan fingerprint density at radius 3 is 2.44 bits per heavy atom. The van der Waals surface area contributed by atoms with E-state index in [0.717, 1.165) is 18.2 Å². The highest BCUT2D eigenvalue weighted by molar-refractivity contribution is 6.00. The SMILES string of the molecule is O=C(CCc1nc(-c2ccc(O)cc2)no1)Nc1cn(Cc2cc(F)cc(F)c2)cc1C(=O)O. The fourth-order valence-corrected chi connectivity index (χ4v) is 3.30. The second-order valence-electron chi connectivity index (χ2n) is 7.45. The molecule has 0 aliphatic heterocycles. The van der Waals surface area contributed by atoms with Gasteiger partial charge in [0.15, 0.2) is 0 Å². The predicted molar refractivity (Wildman–Crippen MR) is 115 cm³/mol. The van der Waals surface area contributed by atoms with Gasteiger partial charge in [-0.1, -0.05) is 5.16 Å². The number of aromatic nitrogens is 3. The zero-order valence-electron chi connectivity index (χ0n) is 17.5. The number of benzene rings is 2. The number of hydrogen-bond donors (Lipinski definition) is 3. The van der Waals surface area contributed by atoms with Gasteiger partial charge in [0.1, 0.15) is 22.9 Å². The van der Waals surface area contributed by atoms with Gasteiger partial charge in [-0.2, -0.15) is 4.98 Å². The van der Waals surface area contributed by atoms with E-state index in [0.29, 0.717) is 17.0 Å². The van der Waals surface area contributed by atoms with Gasteiger partial charge >= 0.3 is 5.97 Å². The number of halogens is 2. The number of hydrogen-bond acceptors (Lipinski definition) is 6. The number of nitrogens with one attached hydrogen (secondary N) is 1. The van der Waals surface area contributed by atoms with E-state index in [4.69, 9.17) is 4.52 Å². The van der Waals surface area contributed by atoms with E-state index in [2.05, 4.69) is 15.5 Å². The van der Waals surface area contributed by atoms with Crippen molar-refractivity contribution >= 4 is 17.6 Å². The van der Waals surface area contributed by atoms with Crippen molar-refractivity contribution in [3.05, 3.63) is 83.5 Å². The Balaban J connectivity index is 1.40. The first kappa shape index (κ1) is 22.6. The lowest BCUT2D eigenvalue weighted by molar-refractivity contribution is -0.116. The summed E-state index contributed by atoms with van der Waals surface area (Å²) in [5, 5.41) is 25.2. The van der Waals surface area contributed by atoms with Crippen LogP contribution >= 0.6 is 0 Å². The Labute approximate surface area is 191 Å². The minimum atomic E-state index is -1.27. The summed E-state index contributed by atoms with van der Waals surface area (Å²) in [4.78, 5) is 28.2. The Morgan fingerprint density at radius 2 is 1.76 bits per heavy atom. The van der Waals surface area contributed by atoms with Crippen LogP contribution in [-0.4, -0.2) is 36.8 Å². The summed E-state index contributed by atoms with van der Waals surface area (Å²) in [5.74, 6) is -2.64. The van der Waals surface area contributed by atoms with E-state index in [1.54, 1.807) is 12.1 Å². The highest BCUT2D eigenvalue weighted by atomic mass is 19.1. The number of phenols is 1. The molecule has 174 valence electrons. The number of phenolic OH excluding ortho intramolecular Hbond substituents is 1. The third kappa shape index (κ3) is 5.44. The molecule has 4 rings (SSSR count). The molecule has 2 aromatic heterocycles. The van der Waals surface area contributed by atoms with Gasteiger partial charge < -0.3 is 24.6 Å². The molecule has 0 saturated heterocycles. The number of aromatic hydroxyl groups is 1. The van der Waals surface area contributed by atoms with Gasteiger partial charge in [0, 0.05) is 43.4 Å². The number of rotatable bonds is 8. The van der Waals surface area contributed by atoms with Crippen LogP contribution in [0.2, 0.25) is 0 Å². The molecule has 0 saturated carbocycles. The van der Waals surface area contributed by atoms with Gasteiger partial charge in [-0.15, -0.1) is 0 Å². The smallest absolute Gasteiger partial charge is 0.339 e. The van der Waals surface area contributed by atoms with Gasteiger partial charge in [-0.05, 0) is 42.0 Å². The molecule has 0 spiro atoms. The van der Waals surface area contributed by atoms with Gasteiger partial charge in [0.05, 0.1) is 5.69 Å². The van der Waals surface area contributed by atoms with E-state index in [-0.39, 0.29) is 42.3 Å². The number of nitrogens with zero attached hydrogens (tertiary/aromatic N) is 3. The van der Waals surface area contributed by atoms with Crippen LogP contribution in [-0.2, 0) is 17.8 Å². The van der Waals surface area contributed by atoms with Crippen LogP contribution in [0.15, 0.2) is 59.4 Å². The van der Waals surface area contributed by atoms with Crippen molar-refractivity contribution in [1.29, 1.82) is 0 Å². The molecule has 1 amide bonds. The monoisotopic (exact) mass is 468 g/mol. The molecule has 0 atom stereocenters. The number of aromatic carboxylic acids is 1. The van der Waals surface area contributed by atoms with Crippen LogP contribution in [0.4, 0.5) is 14.5 Å². The first-order valence-corrected chi connectivity index (χ1v) is 10.1. The average Bonchev–Trinajstić information content (AvgIpc) is 3.39. The normalized spacial score (nSPS) is 10.9. The zero-order chi connectivity index (χ0) is 24.2. The predicted octanol–water partition coefficient (Wildman–Crippen LogP) is 3.84. The summed E-state index contributed by atoms with van der Waals surface area (Å²) >= 11 is 0. The van der Waals surface area contributed by atoms with Gasteiger partial charge in [-0.3, -0.25) is 4.79 Å². The minimum absolute atomic E-state index is 0.00680. The van der Waals surface area contributed by atoms with Gasteiger partial charge in [0.25, 0.3) is 0 Å². The second-order valence-corrected chi connectivity index (χ2v) is 7.45. The number of anilines is 1. The lowest BCUT2D eigenvalue weighted by atomic mass is 10.2. The summed E-state index contributed by atoms with van der Waals surface area (Å²) in [5.41, 5.74) is 0.799. The van der Waals surface area contributed by atoms with Crippen molar-refractivity contribution in [3.8, 4) is 17.1 Å². The average molecular weight is 468 g/mol. The van der Waals surface area contributed by atoms with Crippen LogP contribution in [0.1, 0.15) is 28.2 Å².